The van der Waals surface area contributed by atoms with Gasteiger partial charge in [0.1, 0.15) is 12.6 Å². The summed E-state index contributed by atoms with van der Waals surface area (Å²) in [6.07, 6.45) is -0.606. The molecule has 3 N–H and O–H groups in total. The van der Waals surface area contributed by atoms with Crippen molar-refractivity contribution in [3.05, 3.63) is 59.7 Å². The number of carboxylic acids is 1. The normalized spacial score (nSPS) is 14.7. The molecule has 0 bridgehead atoms. The second kappa shape index (κ2) is 10.5. The van der Waals surface area contributed by atoms with Crippen LogP contribution in [0.1, 0.15) is 58.6 Å². The van der Waals surface area contributed by atoms with E-state index in [1.54, 1.807) is 27.7 Å². The highest BCUT2D eigenvalue weighted by Gasteiger charge is 2.42. The molecule has 188 valence electrons. The maximum absolute atomic E-state index is 13.1. The first kappa shape index (κ1) is 26.3. The Morgan fingerprint density at radius 3 is 1.86 bits per heavy atom. The number of fused-ring (bicyclic) bond motifs is 3. The minimum atomic E-state index is -1.09. The fourth-order valence-corrected chi connectivity index (χ4v) is 4.93. The van der Waals surface area contributed by atoms with Crippen LogP contribution in [0.2, 0.25) is 0 Å². The molecule has 2 amide bonds. The summed E-state index contributed by atoms with van der Waals surface area (Å²) < 4.78 is 5.68. The molecule has 0 saturated carbocycles. The van der Waals surface area contributed by atoms with Crippen molar-refractivity contribution in [2.24, 2.45) is 17.3 Å². The number of ether oxygens (including phenoxy) is 1. The van der Waals surface area contributed by atoms with Gasteiger partial charge < -0.3 is 20.5 Å². The van der Waals surface area contributed by atoms with Crippen LogP contribution < -0.4 is 10.6 Å². The van der Waals surface area contributed by atoms with Crippen molar-refractivity contribution in [2.75, 3.05) is 6.61 Å². The largest absolute Gasteiger partial charge is 0.480 e. The number of benzene rings is 2. The third-order valence-corrected chi connectivity index (χ3v) is 6.87. The zero-order valence-electron chi connectivity index (χ0n) is 21.3. The Labute approximate surface area is 207 Å². The number of nitrogens with one attached hydrogen (secondary N) is 2. The number of rotatable bonds is 9. The first-order valence-electron chi connectivity index (χ1n) is 12.1. The molecule has 35 heavy (non-hydrogen) atoms. The summed E-state index contributed by atoms with van der Waals surface area (Å²) in [5.41, 5.74) is 3.47. The highest BCUT2D eigenvalue weighted by molar-refractivity contribution is 5.88. The van der Waals surface area contributed by atoms with Crippen molar-refractivity contribution < 1.29 is 24.2 Å². The maximum atomic E-state index is 13.1. The zero-order chi connectivity index (χ0) is 25.9. The molecule has 0 aliphatic heterocycles. The fraction of sp³-hybridized carbons (Fsp3) is 0.464. The molecule has 2 aromatic rings. The van der Waals surface area contributed by atoms with Gasteiger partial charge in [-0.1, -0.05) is 76.2 Å². The molecule has 1 aliphatic carbocycles. The van der Waals surface area contributed by atoms with E-state index in [0.29, 0.717) is 0 Å². The molecule has 3 rings (SSSR count). The first-order valence-corrected chi connectivity index (χ1v) is 12.1. The second-order valence-corrected chi connectivity index (χ2v) is 10.4. The molecule has 0 heterocycles. The summed E-state index contributed by atoms with van der Waals surface area (Å²) in [5, 5.41) is 15.0. The van der Waals surface area contributed by atoms with Gasteiger partial charge in [0.2, 0.25) is 5.91 Å². The molecule has 0 radical (unpaired) electrons. The number of amides is 2. The van der Waals surface area contributed by atoms with Gasteiger partial charge in [-0.3, -0.25) is 4.79 Å². The smallest absolute Gasteiger partial charge is 0.407 e. The van der Waals surface area contributed by atoms with Crippen molar-refractivity contribution in [1.29, 1.82) is 0 Å². The summed E-state index contributed by atoms with van der Waals surface area (Å²) >= 11 is 0. The van der Waals surface area contributed by atoms with E-state index >= 15 is 0 Å². The van der Waals surface area contributed by atoms with Crippen molar-refractivity contribution >= 4 is 18.0 Å². The SMILES string of the molecule is CC(C)C(NC(=O)OCC1c2ccccc2-c2ccccc21)C(C)(C)C(=O)N[C@H](C(=O)O)C(C)C. The molecule has 1 aliphatic rings. The number of carbonyl (C=O) groups is 3. The monoisotopic (exact) mass is 480 g/mol. The molecule has 7 nitrogen and oxygen atoms in total. The van der Waals surface area contributed by atoms with E-state index in [1.165, 1.54) is 0 Å². The summed E-state index contributed by atoms with van der Waals surface area (Å²) in [6, 6.07) is 14.6. The van der Waals surface area contributed by atoms with Crippen molar-refractivity contribution in [2.45, 2.75) is 59.5 Å². The lowest BCUT2D eigenvalue weighted by molar-refractivity contribution is -0.145. The molecular formula is C28H36N2O5. The lowest BCUT2D eigenvalue weighted by Gasteiger charge is -2.37. The minimum absolute atomic E-state index is 0.0654. The zero-order valence-corrected chi connectivity index (χ0v) is 21.3. The maximum Gasteiger partial charge on any atom is 0.407 e. The Bertz CT molecular complexity index is 1050. The molecule has 0 spiro atoms. The van der Waals surface area contributed by atoms with E-state index in [0.717, 1.165) is 22.3 Å². The highest BCUT2D eigenvalue weighted by Crippen LogP contribution is 2.44. The van der Waals surface area contributed by atoms with E-state index in [-0.39, 0.29) is 24.4 Å². The fourth-order valence-electron chi connectivity index (χ4n) is 4.93. The highest BCUT2D eigenvalue weighted by atomic mass is 16.5. The van der Waals surface area contributed by atoms with Crippen LogP contribution in [-0.2, 0) is 14.3 Å². The van der Waals surface area contributed by atoms with Crippen molar-refractivity contribution in [1.82, 2.24) is 10.6 Å². The Balaban J connectivity index is 1.71. The molecule has 1 unspecified atom stereocenters. The lowest BCUT2D eigenvalue weighted by Crippen LogP contribution is -2.58. The van der Waals surface area contributed by atoms with E-state index in [2.05, 4.69) is 34.9 Å². The van der Waals surface area contributed by atoms with Gasteiger partial charge >= 0.3 is 12.1 Å². The average Bonchev–Trinajstić information content (AvgIpc) is 3.12. The number of alkyl carbamates (subject to hydrolysis) is 1. The van der Waals surface area contributed by atoms with Crippen LogP contribution in [0.25, 0.3) is 11.1 Å². The van der Waals surface area contributed by atoms with Crippen LogP contribution in [0.3, 0.4) is 0 Å². The Morgan fingerprint density at radius 2 is 1.40 bits per heavy atom. The van der Waals surface area contributed by atoms with E-state index in [1.807, 2.05) is 38.1 Å². The number of carbonyl (C=O) groups excluding carboxylic acids is 2. The van der Waals surface area contributed by atoms with Gasteiger partial charge in [0, 0.05) is 12.0 Å². The number of hydrogen-bond acceptors (Lipinski definition) is 4. The standard InChI is InChI=1S/C28H36N2O5/c1-16(2)23(25(31)32)29-26(33)28(5,6)24(17(3)4)30-27(34)35-15-22-20-13-9-7-11-18(20)19-12-8-10-14-21(19)22/h7-14,16-17,22-24H,15H2,1-6H3,(H,29,33)(H,30,34)(H,31,32)/t23-,24?/m0/s1. The molecule has 2 atom stereocenters. The van der Waals surface area contributed by atoms with Gasteiger partial charge in [0.15, 0.2) is 0 Å². The van der Waals surface area contributed by atoms with Gasteiger partial charge in [-0.25, -0.2) is 9.59 Å². The first-order chi connectivity index (χ1) is 16.4. The quantitative estimate of drug-likeness (QED) is 0.478. The van der Waals surface area contributed by atoms with Crippen LogP contribution in [0, 0.1) is 17.3 Å². The van der Waals surface area contributed by atoms with Gasteiger partial charge in [-0.15, -0.1) is 0 Å². The third kappa shape index (κ3) is 5.50. The Kier molecular flexibility index (Phi) is 7.88. The average molecular weight is 481 g/mol. The van der Waals surface area contributed by atoms with Crippen LogP contribution in [0.4, 0.5) is 4.79 Å². The van der Waals surface area contributed by atoms with Crippen molar-refractivity contribution in [3.8, 4) is 11.1 Å². The van der Waals surface area contributed by atoms with Gasteiger partial charge in [0.25, 0.3) is 0 Å². The summed E-state index contributed by atoms with van der Waals surface area (Å²) in [4.78, 5) is 37.5. The lowest BCUT2D eigenvalue weighted by atomic mass is 9.77. The van der Waals surface area contributed by atoms with E-state index < -0.39 is 35.5 Å². The molecule has 0 aromatic heterocycles. The number of carboxylic acid groups (broad SMARTS) is 1. The van der Waals surface area contributed by atoms with Crippen LogP contribution in [0.15, 0.2) is 48.5 Å². The third-order valence-electron chi connectivity index (χ3n) is 6.87. The van der Waals surface area contributed by atoms with Crippen LogP contribution in [-0.4, -0.2) is 41.8 Å². The summed E-state index contributed by atoms with van der Waals surface area (Å²) in [6.45, 7) is 10.9. The molecule has 0 fully saturated rings. The molecule has 7 heteroatoms. The number of hydrogen-bond donors (Lipinski definition) is 3. The van der Waals surface area contributed by atoms with E-state index in [9.17, 15) is 19.5 Å². The Morgan fingerprint density at radius 1 is 0.886 bits per heavy atom. The molecule has 0 saturated heterocycles. The molecule has 2 aromatic carbocycles. The minimum Gasteiger partial charge on any atom is -0.480 e. The van der Waals surface area contributed by atoms with E-state index in [4.69, 9.17) is 4.74 Å². The second-order valence-electron chi connectivity index (χ2n) is 10.4. The Hall–Kier alpha value is -3.35. The summed E-state index contributed by atoms with van der Waals surface area (Å²) in [7, 11) is 0. The summed E-state index contributed by atoms with van der Waals surface area (Å²) in [5.74, 6) is -1.96. The van der Waals surface area contributed by atoms with Crippen LogP contribution in [0.5, 0.6) is 0 Å². The molecular weight excluding hydrogens is 444 g/mol. The van der Waals surface area contributed by atoms with Gasteiger partial charge in [-0.05, 0) is 47.9 Å². The van der Waals surface area contributed by atoms with Crippen molar-refractivity contribution in [3.63, 3.8) is 0 Å². The predicted molar refractivity (Wildman–Crippen MR) is 135 cm³/mol. The topological polar surface area (TPSA) is 105 Å². The van der Waals surface area contributed by atoms with Gasteiger partial charge in [-0.2, -0.15) is 0 Å². The predicted octanol–water partition coefficient (Wildman–Crippen LogP) is 4.80. The van der Waals surface area contributed by atoms with Crippen LogP contribution >= 0.6 is 0 Å². The number of aliphatic carboxylic acids is 1. The van der Waals surface area contributed by atoms with Gasteiger partial charge in [0.05, 0.1) is 5.41 Å².